The summed E-state index contributed by atoms with van der Waals surface area (Å²) in [6.07, 6.45) is -2.26. The van der Waals surface area contributed by atoms with Crippen molar-refractivity contribution in [2.24, 2.45) is 0 Å². The number of carbonyl (C=O) groups is 3. The summed E-state index contributed by atoms with van der Waals surface area (Å²) in [4.78, 5) is 44.3. The predicted molar refractivity (Wildman–Crippen MR) is 162 cm³/mol. The number of esters is 3. The lowest BCUT2D eigenvalue weighted by Gasteiger charge is -2.34. The van der Waals surface area contributed by atoms with Crippen LogP contribution in [-0.2, 0) is 18.9 Å². The minimum atomic E-state index is -1.74. The number of imidazole rings is 1. The van der Waals surface area contributed by atoms with Crippen LogP contribution >= 0.6 is 23.2 Å². The molecule has 0 saturated carbocycles. The normalized spacial score (nSPS) is 20.9. The molecule has 1 fully saturated rings. The first-order chi connectivity index (χ1) is 21.8. The summed E-state index contributed by atoms with van der Waals surface area (Å²) in [6.45, 7) is 1.19. The summed E-state index contributed by atoms with van der Waals surface area (Å²) >= 11 is 12.7. The molecule has 0 amide bonds. The molecule has 3 heterocycles. The highest BCUT2D eigenvalue weighted by atomic mass is 35.5. The average Bonchev–Trinajstić information content (AvgIpc) is 3.63. The summed E-state index contributed by atoms with van der Waals surface area (Å²) in [5.41, 5.74) is -0.493. The molecule has 5 aromatic rings. The highest BCUT2D eigenvalue weighted by molar-refractivity contribution is 6.37. The Labute approximate surface area is 266 Å². The molecule has 2 aromatic heterocycles. The van der Waals surface area contributed by atoms with Gasteiger partial charge in [0, 0.05) is 0 Å². The number of ether oxygens (including phenoxy) is 4. The first-order valence-corrected chi connectivity index (χ1v) is 14.5. The number of carbonyl (C=O) groups excluding carboxylic acids is 3. The van der Waals surface area contributed by atoms with Crippen LogP contribution in [0.15, 0.2) is 97.3 Å². The van der Waals surface area contributed by atoms with Crippen molar-refractivity contribution in [2.45, 2.75) is 31.0 Å². The molecule has 1 saturated heterocycles. The van der Waals surface area contributed by atoms with E-state index in [-0.39, 0.29) is 39.1 Å². The summed E-state index contributed by atoms with van der Waals surface area (Å²) < 4.78 is 25.7. The minimum absolute atomic E-state index is 0.0190. The van der Waals surface area contributed by atoms with Gasteiger partial charge in [-0.2, -0.15) is 0 Å². The van der Waals surface area contributed by atoms with Gasteiger partial charge in [0.15, 0.2) is 28.2 Å². The Morgan fingerprint density at radius 3 is 1.93 bits per heavy atom. The van der Waals surface area contributed by atoms with Gasteiger partial charge in [0.25, 0.3) is 0 Å². The van der Waals surface area contributed by atoms with Gasteiger partial charge in [-0.3, -0.25) is 4.57 Å². The van der Waals surface area contributed by atoms with E-state index in [2.05, 4.69) is 15.2 Å². The fourth-order valence-corrected chi connectivity index (χ4v) is 5.53. The molecule has 0 unspecified atom stereocenters. The summed E-state index contributed by atoms with van der Waals surface area (Å²) in [5.74, 6) is -2.06. The molecule has 4 atom stereocenters. The van der Waals surface area contributed by atoms with Crippen LogP contribution in [0.3, 0.4) is 0 Å². The highest BCUT2D eigenvalue weighted by Gasteiger charge is 2.60. The Kier molecular flexibility index (Phi) is 8.48. The van der Waals surface area contributed by atoms with Crippen LogP contribution in [-0.4, -0.2) is 62.1 Å². The predicted octanol–water partition coefficient (Wildman–Crippen LogP) is 5.73. The first-order valence-electron chi connectivity index (χ1n) is 13.7. The number of halogens is 2. The molecule has 13 heteroatoms. The number of rotatable bonds is 8. The Bertz CT molecular complexity index is 1860. The Morgan fingerprint density at radius 1 is 0.800 bits per heavy atom. The summed E-state index contributed by atoms with van der Waals surface area (Å²) in [6, 6.07) is 24.9. The van der Waals surface area contributed by atoms with E-state index in [4.69, 9.17) is 42.1 Å². The van der Waals surface area contributed by atoms with Crippen LogP contribution in [0.25, 0.3) is 11.0 Å². The third kappa shape index (κ3) is 5.97. The van der Waals surface area contributed by atoms with Gasteiger partial charge in [0.05, 0.1) is 23.0 Å². The second-order valence-electron chi connectivity index (χ2n) is 10.3. The molecule has 45 heavy (non-hydrogen) atoms. The van der Waals surface area contributed by atoms with Gasteiger partial charge < -0.3 is 18.9 Å². The number of aromatic nitrogens is 4. The molecule has 0 radical (unpaired) electrons. The van der Waals surface area contributed by atoms with Crippen LogP contribution in [0, 0.1) is 0 Å². The maximum Gasteiger partial charge on any atom is 0.338 e. The minimum Gasteiger partial charge on any atom is -0.459 e. The molecule has 228 valence electrons. The van der Waals surface area contributed by atoms with Crippen molar-refractivity contribution in [3.63, 3.8) is 0 Å². The number of nitrogens with zero attached hydrogens (tertiary/aromatic N) is 4. The van der Waals surface area contributed by atoms with Crippen LogP contribution < -0.4 is 0 Å². The molecule has 11 nitrogen and oxygen atoms in total. The third-order valence-electron chi connectivity index (χ3n) is 7.31. The van der Waals surface area contributed by atoms with E-state index in [1.165, 1.54) is 10.9 Å². The topological polar surface area (TPSA) is 132 Å². The fraction of sp³-hybridized carbons (Fsp3) is 0.188. The maximum atomic E-state index is 13.6. The third-order valence-corrected chi connectivity index (χ3v) is 7.82. The van der Waals surface area contributed by atoms with Gasteiger partial charge >= 0.3 is 17.9 Å². The molecule has 0 aliphatic carbocycles. The van der Waals surface area contributed by atoms with E-state index >= 15 is 0 Å². The van der Waals surface area contributed by atoms with Gasteiger partial charge in [-0.25, -0.2) is 19.4 Å². The molecular weight excluding hydrogens is 623 g/mol. The lowest BCUT2D eigenvalue weighted by Crippen LogP contribution is -2.50. The Hall–Kier alpha value is -4.84. The van der Waals surface area contributed by atoms with Crippen molar-refractivity contribution < 1.29 is 33.3 Å². The van der Waals surface area contributed by atoms with Crippen molar-refractivity contribution in [1.82, 2.24) is 19.7 Å². The van der Waals surface area contributed by atoms with Crippen LogP contribution in [0.1, 0.15) is 44.2 Å². The monoisotopic (exact) mass is 646 g/mol. The summed E-state index contributed by atoms with van der Waals surface area (Å²) in [7, 11) is 0. The Morgan fingerprint density at radius 2 is 1.33 bits per heavy atom. The van der Waals surface area contributed by atoms with Crippen LogP contribution in [0.5, 0.6) is 0 Å². The zero-order chi connectivity index (χ0) is 31.6. The van der Waals surface area contributed by atoms with E-state index in [1.807, 2.05) is 0 Å². The largest absolute Gasteiger partial charge is 0.459 e. The van der Waals surface area contributed by atoms with E-state index in [0.29, 0.717) is 5.56 Å². The van der Waals surface area contributed by atoms with Gasteiger partial charge in [-0.1, -0.05) is 77.8 Å². The molecular formula is C32H24Cl2N4O7. The fourth-order valence-electron chi connectivity index (χ4n) is 5.13. The quantitative estimate of drug-likeness (QED) is 0.152. The SMILES string of the molecule is C[C@@]1(OC(=O)c2ccccc2)[C@H](OC(=O)c2ccccc2)[C@@H](COC(=O)c2ccccc2)O[C@H]1n1cnc2c(Cl)nnc(Cl)c21. The van der Waals surface area contributed by atoms with Crippen molar-refractivity contribution in [1.29, 1.82) is 0 Å². The summed E-state index contributed by atoms with van der Waals surface area (Å²) in [5, 5.41) is 7.63. The van der Waals surface area contributed by atoms with Gasteiger partial charge in [0.1, 0.15) is 23.7 Å². The smallest absolute Gasteiger partial charge is 0.338 e. The first kappa shape index (κ1) is 30.2. The van der Waals surface area contributed by atoms with Gasteiger partial charge in [-0.05, 0) is 43.3 Å². The molecule has 0 bridgehead atoms. The number of fused-ring (bicyclic) bond motifs is 1. The molecule has 1 aliphatic rings. The van der Waals surface area contributed by atoms with E-state index in [9.17, 15) is 14.4 Å². The number of hydrogen-bond donors (Lipinski definition) is 0. The van der Waals surface area contributed by atoms with Gasteiger partial charge in [-0.15, -0.1) is 10.2 Å². The van der Waals surface area contributed by atoms with Crippen molar-refractivity contribution in [3.8, 4) is 0 Å². The average molecular weight is 647 g/mol. The molecule has 0 N–H and O–H groups in total. The highest BCUT2D eigenvalue weighted by Crippen LogP contribution is 2.46. The standard InChI is InChI=1S/C32H24Cl2N4O7/c1-32(45-30(41)21-15-9-4-10-16-21)25(44-29(40)20-13-7-3-8-14-20)22(17-42-28(39)19-11-5-2-6-12-19)43-31(32)38-18-35-23-24(38)27(34)37-36-26(23)33/h2-16,18,22,25,31H,17H2,1H3/t22-,25-,31-,32-/m1/s1. The Balaban J connectivity index is 1.43. The van der Waals surface area contributed by atoms with Crippen LogP contribution in [0.4, 0.5) is 0 Å². The van der Waals surface area contributed by atoms with Crippen LogP contribution in [0.2, 0.25) is 10.3 Å². The molecule has 1 aliphatic heterocycles. The van der Waals surface area contributed by atoms with Gasteiger partial charge in [0.2, 0.25) is 0 Å². The van der Waals surface area contributed by atoms with E-state index in [1.54, 1.807) is 97.9 Å². The second kappa shape index (κ2) is 12.6. The van der Waals surface area contributed by atoms with E-state index < -0.39 is 41.9 Å². The number of hydrogen-bond acceptors (Lipinski definition) is 10. The molecule has 0 spiro atoms. The van der Waals surface area contributed by atoms with Crippen molar-refractivity contribution >= 4 is 52.1 Å². The van der Waals surface area contributed by atoms with E-state index in [0.717, 1.165) is 0 Å². The lowest BCUT2D eigenvalue weighted by atomic mass is 9.95. The zero-order valence-corrected chi connectivity index (χ0v) is 25.1. The zero-order valence-electron chi connectivity index (χ0n) is 23.6. The maximum absolute atomic E-state index is 13.6. The molecule has 3 aromatic carbocycles. The second-order valence-corrected chi connectivity index (χ2v) is 11.0. The van der Waals surface area contributed by atoms with Crippen molar-refractivity contribution in [3.05, 3.63) is 124 Å². The lowest BCUT2D eigenvalue weighted by molar-refractivity contribution is -0.108. The molecule has 6 rings (SSSR count). The number of benzene rings is 3. The van der Waals surface area contributed by atoms with Crippen molar-refractivity contribution in [2.75, 3.05) is 6.61 Å².